The first-order chi connectivity index (χ1) is 11.8. The number of aromatic nitrogens is 4. The lowest BCUT2D eigenvalue weighted by molar-refractivity contribution is -0.131. The fourth-order valence-corrected chi connectivity index (χ4v) is 4.05. The van der Waals surface area contributed by atoms with E-state index in [0.29, 0.717) is 18.2 Å². The van der Waals surface area contributed by atoms with Gasteiger partial charge in [-0.2, -0.15) is 4.98 Å². The van der Waals surface area contributed by atoms with Gasteiger partial charge in [0.1, 0.15) is 0 Å². The van der Waals surface area contributed by atoms with Crippen LogP contribution in [0.1, 0.15) is 55.1 Å². The molecule has 3 aromatic rings. The summed E-state index contributed by atoms with van der Waals surface area (Å²) in [5.74, 6) is 1.92. The molecule has 4 heterocycles. The van der Waals surface area contributed by atoms with Crippen LogP contribution in [0.2, 0.25) is 0 Å². The number of hydrogen-bond donors (Lipinski definition) is 0. The van der Waals surface area contributed by atoms with Gasteiger partial charge in [0.2, 0.25) is 11.8 Å². The highest BCUT2D eigenvalue weighted by atomic mass is 32.1. The number of fused-ring (bicyclic) bond motifs is 1. The lowest BCUT2D eigenvalue weighted by Gasteiger charge is -2.21. The minimum Gasteiger partial charge on any atom is -0.339 e. The van der Waals surface area contributed by atoms with Gasteiger partial charge in [0.15, 0.2) is 10.8 Å². The molecule has 24 heavy (non-hydrogen) atoms. The van der Waals surface area contributed by atoms with Crippen molar-refractivity contribution in [3.63, 3.8) is 0 Å². The largest absolute Gasteiger partial charge is 0.339 e. The monoisotopic (exact) mass is 343 g/mol. The van der Waals surface area contributed by atoms with E-state index in [-0.39, 0.29) is 11.9 Å². The van der Waals surface area contributed by atoms with Gasteiger partial charge >= 0.3 is 0 Å². The van der Waals surface area contributed by atoms with Crippen LogP contribution < -0.4 is 0 Å². The molecule has 0 aromatic carbocycles. The van der Waals surface area contributed by atoms with Crippen LogP contribution >= 0.6 is 11.3 Å². The third-order valence-corrected chi connectivity index (χ3v) is 5.50. The van der Waals surface area contributed by atoms with Crippen LogP contribution in [0.15, 0.2) is 22.3 Å². The Kier molecular flexibility index (Phi) is 3.19. The van der Waals surface area contributed by atoms with Crippen molar-refractivity contribution >= 4 is 22.2 Å². The molecule has 1 aliphatic carbocycles. The molecule has 1 atom stereocenters. The summed E-state index contributed by atoms with van der Waals surface area (Å²) in [6.07, 6.45) is 8.33. The van der Waals surface area contributed by atoms with E-state index in [2.05, 4.69) is 15.1 Å². The molecule has 0 N–H and O–H groups in total. The van der Waals surface area contributed by atoms with Gasteiger partial charge in [0.05, 0.1) is 18.2 Å². The average molecular weight is 343 g/mol. The van der Waals surface area contributed by atoms with Crippen molar-refractivity contribution in [1.29, 1.82) is 0 Å². The summed E-state index contributed by atoms with van der Waals surface area (Å²) >= 11 is 1.57. The predicted molar refractivity (Wildman–Crippen MR) is 86.7 cm³/mol. The van der Waals surface area contributed by atoms with Crippen LogP contribution in [-0.4, -0.2) is 36.9 Å². The van der Waals surface area contributed by atoms with Gasteiger partial charge in [-0.15, -0.1) is 11.3 Å². The smallest absolute Gasteiger partial charge is 0.229 e. The zero-order valence-corrected chi connectivity index (χ0v) is 13.9. The van der Waals surface area contributed by atoms with E-state index in [1.54, 1.807) is 11.3 Å². The number of likely N-dealkylation sites (tertiary alicyclic amines) is 1. The van der Waals surface area contributed by atoms with Crippen molar-refractivity contribution in [2.24, 2.45) is 0 Å². The highest BCUT2D eigenvalue weighted by molar-refractivity contribution is 7.15. The third kappa shape index (κ3) is 2.41. The van der Waals surface area contributed by atoms with E-state index in [4.69, 9.17) is 4.52 Å². The molecular formula is C16H17N5O2S. The molecule has 1 saturated heterocycles. The van der Waals surface area contributed by atoms with E-state index in [9.17, 15) is 4.79 Å². The van der Waals surface area contributed by atoms with Gasteiger partial charge in [-0.3, -0.25) is 9.20 Å². The molecule has 1 saturated carbocycles. The molecule has 2 aliphatic rings. The Labute approximate surface area is 142 Å². The molecule has 124 valence electrons. The Morgan fingerprint density at radius 1 is 1.33 bits per heavy atom. The lowest BCUT2D eigenvalue weighted by Crippen LogP contribution is -2.32. The van der Waals surface area contributed by atoms with E-state index >= 15 is 0 Å². The second-order valence-electron chi connectivity index (χ2n) is 6.51. The summed E-state index contributed by atoms with van der Waals surface area (Å²) in [7, 11) is 0. The van der Waals surface area contributed by atoms with Crippen molar-refractivity contribution in [3.8, 4) is 0 Å². The summed E-state index contributed by atoms with van der Waals surface area (Å²) in [4.78, 5) is 24.6. The average Bonchev–Trinajstić information content (AvgIpc) is 3.00. The Bertz CT molecular complexity index is 865. The van der Waals surface area contributed by atoms with Gasteiger partial charge in [0, 0.05) is 30.2 Å². The highest BCUT2D eigenvalue weighted by Crippen LogP contribution is 2.40. The van der Waals surface area contributed by atoms with Gasteiger partial charge in [-0.1, -0.05) is 5.16 Å². The number of imidazole rings is 1. The van der Waals surface area contributed by atoms with E-state index in [1.165, 1.54) is 0 Å². The van der Waals surface area contributed by atoms with Crippen molar-refractivity contribution in [1.82, 2.24) is 24.4 Å². The second kappa shape index (κ2) is 5.41. The Morgan fingerprint density at radius 2 is 2.25 bits per heavy atom. The first-order valence-corrected chi connectivity index (χ1v) is 9.20. The zero-order chi connectivity index (χ0) is 16.1. The summed E-state index contributed by atoms with van der Waals surface area (Å²) in [6.45, 7) is 0.749. The van der Waals surface area contributed by atoms with E-state index in [0.717, 1.165) is 48.8 Å². The Hall–Kier alpha value is -2.22. The number of amides is 1. The first-order valence-electron chi connectivity index (χ1n) is 8.32. The molecule has 1 amide bonds. The molecule has 3 aromatic heterocycles. The Balaban J connectivity index is 1.33. The van der Waals surface area contributed by atoms with Crippen LogP contribution in [0.5, 0.6) is 0 Å². The molecule has 0 spiro atoms. The zero-order valence-electron chi connectivity index (χ0n) is 13.1. The number of hydrogen-bond acceptors (Lipinski definition) is 6. The van der Waals surface area contributed by atoms with Crippen molar-refractivity contribution < 1.29 is 9.32 Å². The molecule has 0 radical (unpaired) electrons. The lowest BCUT2D eigenvalue weighted by atomic mass is 10.2. The van der Waals surface area contributed by atoms with Gasteiger partial charge in [0.25, 0.3) is 0 Å². The molecule has 1 unspecified atom stereocenters. The maximum atomic E-state index is 12.7. The first kappa shape index (κ1) is 14.2. The SMILES string of the molecule is O=C(Cc1cn2ccsc2n1)N1CCCC1c1noc(C2CC2)n1. The number of nitrogens with zero attached hydrogens (tertiary/aromatic N) is 5. The highest BCUT2D eigenvalue weighted by Gasteiger charge is 2.36. The van der Waals surface area contributed by atoms with Crippen LogP contribution in [-0.2, 0) is 11.2 Å². The molecular weight excluding hydrogens is 326 g/mol. The minimum atomic E-state index is -0.0579. The molecule has 1 aliphatic heterocycles. The summed E-state index contributed by atoms with van der Waals surface area (Å²) in [6, 6.07) is -0.0579. The van der Waals surface area contributed by atoms with Gasteiger partial charge in [-0.25, -0.2) is 4.98 Å². The number of carbonyl (C=O) groups is 1. The molecule has 5 rings (SSSR count). The number of carbonyl (C=O) groups excluding carboxylic acids is 1. The van der Waals surface area contributed by atoms with Crippen molar-refractivity contribution in [2.45, 2.75) is 44.1 Å². The topological polar surface area (TPSA) is 76.5 Å². The molecule has 0 bridgehead atoms. The maximum Gasteiger partial charge on any atom is 0.229 e. The Morgan fingerprint density at radius 3 is 3.08 bits per heavy atom. The molecule has 8 heteroatoms. The third-order valence-electron chi connectivity index (χ3n) is 4.73. The number of thiazole rings is 1. The summed E-state index contributed by atoms with van der Waals surface area (Å²) in [5, 5.41) is 6.11. The van der Waals surface area contributed by atoms with E-state index < -0.39 is 0 Å². The summed E-state index contributed by atoms with van der Waals surface area (Å²) < 4.78 is 7.32. The molecule has 7 nitrogen and oxygen atoms in total. The van der Waals surface area contributed by atoms with Crippen LogP contribution in [0.3, 0.4) is 0 Å². The fraction of sp³-hybridized carbons (Fsp3) is 0.500. The minimum absolute atomic E-state index is 0.0579. The normalized spacial score (nSPS) is 21.0. The summed E-state index contributed by atoms with van der Waals surface area (Å²) in [5.41, 5.74) is 0.810. The standard InChI is InChI=1S/C16H17N5O2S/c22-13(8-11-9-20-6-7-24-16(20)17-11)21-5-1-2-12(21)14-18-15(23-19-14)10-3-4-10/h6-7,9-10,12H,1-5,8H2. The molecule has 2 fully saturated rings. The van der Waals surface area contributed by atoms with Gasteiger partial charge < -0.3 is 9.42 Å². The van der Waals surface area contributed by atoms with Crippen molar-refractivity contribution in [3.05, 3.63) is 35.2 Å². The quantitative estimate of drug-likeness (QED) is 0.728. The van der Waals surface area contributed by atoms with Crippen LogP contribution in [0.25, 0.3) is 4.96 Å². The fourth-order valence-electron chi connectivity index (χ4n) is 3.33. The predicted octanol–water partition coefficient (Wildman–Crippen LogP) is 2.56. The second-order valence-corrected chi connectivity index (χ2v) is 7.39. The van der Waals surface area contributed by atoms with Crippen LogP contribution in [0.4, 0.5) is 0 Å². The van der Waals surface area contributed by atoms with Gasteiger partial charge in [-0.05, 0) is 25.7 Å². The van der Waals surface area contributed by atoms with Crippen molar-refractivity contribution in [2.75, 3.05) is 6.54 Å². The van der Waals surface area contributed by atoms with Crippen LogP contribution in [0, 0.1) is 0 Å². The van der Waals surface area contributed by atoms with E-state index in [1.807, 2.05) is 27.1 Å². The maximum absolute atomic E-state index is 12.7. The number of rotatable bonds is 4.